The lowest BCUT2D eigenvalue weighted by Crippen LogP contribution is -2.17. The minimum atomic E-state index is -0.482. The molecule has 0 saturated carbocycles. The van der Waals surface area contributed by atoms with Crippen molar-refractivity contribution in [3.05, 3.63) is 144 Å². The second kappa shape index (κ2) is 12.9. The van der Waals surface area contributed by atoms with E-state index in [9.17, 15) is 5.11 Å². The van der Waals surface area contributed by atoms with Gasteiger partial charge in [0, 0.05) is 28.6 Å². The van der Waals surface area contributed by atoms with E-state index in [2.05, 4.69) is 77.9 Å². The summed E-state index contributed by atoms with van der Waals surface area (Å²) < 4.78 is 45.5. The van der Waals surface area contributed by atoms with Crippen LogP contribution in [0.2, 0.25) is 0 Å². The molecule has 0 aliphatic carbocycles. The van der Waals surface area contributed by atoms with Crippen LogP contribution in [0.25, 0.3) is 61.6 Å². The molecule has 0 unspecified atom stereocenters. The van der Waals surface area contributed by atoms with Crippen LogP contribution < -0.4 is 0 Å². The third-order valence-electron chi connectivity index (χ3n) is 9.69. The summed E-state index contributed by atoms with van der Waals surface area (Å²) in [5, 5.41) is 12.2. The molecule has 0 radical (unpaired) electrons. The molecule has 52 heavy (non-hydrogen) atoms. The molecule has 2 heterocycles. The van der Waals surface area contributed by atoms with Gasteiger partial charge < -0.3 is 5.11 Å². The van der Waals surface area contributed by atoms with Gasteiger partial charge in [0.15, 0.2) is 0 Å². The monoisotopic (exact) mass is 688 g/mol. The van der Waals surface area contributed by atoms with E-state index in [1.165, 1.54) is 0 Å². The maximum absolute atomic E-state index is 12.2. The third-order valence-corrected chi connectivity index (χ3v) is 9.69. The maximum atomic E-state index is 12.2. The largest absolute Gasteiger partial charge is 0.507 e. The van der Waals surface area contributed by atoms with Crippen LogP contribution in [0.4, 0.5) is 0 Å². The zero-order valence-electron chi connectivity index (χ0n) is 36.5. The number of nitrogens with zero attached hydrogens (tertiary/aromatic N) is 3. The number of rotatable bonds is 5. The summed E-state index contributed by atoms with van der Waals surface area (Å²) in [6.07, 6.45) is 1.83. The van der Waals surface area contributed by atoms with Crippen LogP contribution in [0, 0.1) is 0 Å². The van der Waals surface area contributed by atoms with Crippen molar-refractivity contribution in [2.75, 3.05) is 0 Å². The molecule has 0 bridgehead atoms. The van der Waals surface area contributed by atoms with Crippen LogP contribution in [0.5, 0.6) is 5.75 Å². The van der Waals surface area contributed by atoms with E-state index < -0.39 is 23.5 Å². The normalized spacial score (nSPS) is 13.8. The quantitative estimate of drug-likeness (QED) is 0.196. The summed E-state index contributed by atoms with van der Waals surface area (Å²) in [4.78, 5) is 10.1. The van der Waals surface area contributed by atoms with E-state index in [1.54, 1.807) is 4.57 Å². The molecule has 5 aromatic carbocycles. The van der Waals surface area contributed by atoms with Gasteiger partial charge >= 0.3 is 0 Å². The van der Waals surface area contributed by atoms with Gasteiger partial charge in [-0.15, -0.1) is 0 Å². The third kappa shape index (κ3) is 6.66. The van der Waals surface area contributed by atoms with Gasteiger partial charge in [0.05, 0.1) is 29.1 Å². The Hall–Kier alpha value is -5.48. The highest BCUT2D eigenvalue weighted by Crippen LogP contribution is 2.44. The fraction of sp³-hybridized carbons (Fsp3) is 0.250. The van der Waals surface area contributed by atoms with Gasteiger partial charge in [-0.25, -0.2) is 4.98 Å². The van der Waals surface area contributed by atoms with Gasteiger partial charge in [0.1, 0.15) is 11.6 Å². The fourth-order valence-corrected chi connectivity index (χ4v) is 6.67. The summed E-state index contributed by atoms with van der Waals surface area (Å²) in [5.74, 6) is 0.303. The Morgan fingerprint density at radius 2 is 1.27 bits per heavy atom. The molecular formula is C48H49N3O. The summed E-state index contributed by atoms with van der Waals surface area (Å²) in [7, 11) is 0. The minimum absolute atomic E-state index is 0.0300. The standard InChI is InChI=1S/C48H49N3O/c1-46(2,3)35-26-33(25-34(27-35)41-28-32(23-24-49-41)31-17-12-10-13-18-31)38-21-16-22-42-43(38)50-45(51(42)37-19-14-11-15-20-37)39-29-36(47(4,5)6)30-40(44(39)52)48(7,8)9/h10-30,52H,1-9H3/i11D,14D,15D,19D,20D. The second-order valence-electron chi connectivity index (χ2n) is 16.7. The number of hydrogen-bond donors (Lipinski definition) is 1. The van der Waals surface area contributed by atoms with E-state index in [4.69, 9.17) is 16.8 Å². The molecule has 0 fully saturated rings. The van der Waals surface area contributed by atoms with Gasteiger partial charge in [-0.1, -0.05) is 135 Å². The number of imidazole rings is 1. The van der Waals surface area contributed by atoms with Gasteiger partial charge in [-0.3, -0.25) is 9.55 Å². The molecule has 262 valence electrons. The molecule has 0 aliphatic heterocycles. The van der Waals surface area contributed by atoms with Crippen molar-refractivity contribution in [2.45, 2.75) is 78.6 Å². The van der Waals surface area contributed by atoms with Gasteiger partial charge in [-0.05, 0) is 92.5 Å². The number of fused-ring (bicyclic) bond motifs is 1. The molecule has 4 heteroatoms. The van der Waals surface area contributed by atoms with E-state index in [-0.39, 0.29) is 40.2 Å². The number of benzene rings is 5. The molecule has 7 aromatic rings. The summed E-state index contributed by atoms with van der Waals surface area (Å²) >= 11 is 0. The molecule has 0 aliphatic rings. The average molecular weight is 689 g/mol. The Morgan fingerprint density at radius 1 is 0.596 bits per heavy atom. The number of phenols is 1. The summed E-state index contributed by atoms with van der Waals surface area (Å²) in [5.41, 5.74) is 8.82. The average Bonchev–Trinajstić information content (AvgIpc) is 3.54. The van der Waals surface area contributed by atoms with Crippen LogP contribution in [0.15, 0.2) is 127 Å². The van der Waals surface area contributed by atoms with Crippen LogP contribution in [-0.4, -0.2) is 19.6 Å². The van der Waals surface area contributed by atoms with E-state index in [0.717, 1.165) is 50.2 Å². The van der Waals surface area contributed by atoms with E-state index in [1.807, 2.05) is 81.6 Å². The molecule has 4 nitrogen and oxygen atoms in total. The fourth-order valence-electron chi connectivity index (χ4n) is 6.67. The Balaban J connectivity index is 1.58. The van der Waals surface area contributed by atoms with E-state index >= 15 is 0 Å². The second-order valence-corrected chi connectivity index (χ2v) is 16.7. The Labute approximate surface area is 315 Å². The molecule has 0 saturated heterocycles. The van der Waals surface area contributed by atoms with Crippen LogP contribution >= 0.6 is 0 Å². The number of aromatic hydroxyl groups is 1. The molecule has 0 amide bonds. The first-order chi connectivity index (χ1) is 26.7. The highest BCUT2D eigenvalue weighted by atomic mass is 16.3. The zero-order chi connectivity index (χ0) is 41.4. The summed E-state index contributed by atoms with van der Waals surface area (Å²) in [6, 6.07) is 28.4. The van der Waals surface area contributed by atoms with E-state index in [0.29, 0.717) is 16.6 Å². The van der Waals surface area contributed by atoms with Crippen molar-refractivity contribution in [3.8, 4) is 56.3 Å². The predicted octanol–water partition coefficient (Wildman–Crippen LogP) is 12.7. The molecule has 0 spiro atoms. The number of phenolic OH excluding ortho intramolecular Hbond substituents is 1. The number of hydrogen-bond acceptors (Lipinski definition) is 3. The Morgan fingerprint density at radius 3 is 1.94 bits per heavy atom. The SMILES string of the molecule is [2H]c1c([2H])c([2H])c(-n2c(-c3cc(C(C)(C)C)cc(C(C)(C)C)c3O)nc3c(-c4cc(-c5cc(-c6ccccc6)ccn5)cc(C(C)(C)C)c4)cccc32)c([2H])c1[2H]. The number of para-hydroxylation sites is 2. The first kappa shape index (κ1) is 29.1. The van der Waals surface area contributed by atoms with Crippen molar-refractivity contribution in [1.29, 1.82) is 0 Å². The van der Waals surface area contributed by atoms with Crippen molar-refractivity contribution >= 4 is 11.0 Å². The van der Waals surface area contributed by atoms with Crippen molar-refractivity contribution in [1.82, 2.24) is 14.5 Å². The van der Waals surface area contributed by atoms with Crippen LogP contribution in [0.1, 0.15) is 85.9 Å². The highest BCUT2D eigenvalue weighted by Gasteiger charge is 2.29. The van der Waals surface area contributed by atoms with Crippen molar-refractivity contribution in [3.63, 3.8) is 0 Å². The predicted molar refractivity (Wildman–Crippen MR) is 218 cm³/mol. The van der Waals surface area contributed by atoms with Crippen molar-refractivity contribution < 1.29 is 12.0 Å². The van der Waals surface area contributed by atoms with Gasteiger partial charge in [0.25, 0.3) is 0 Å². The van der Waals surface area contributed by atoms with Crippen LogP contribution in [-0.2, 0) is 16.2 Å². The number of aromatic nitrogens is 3. The lowest BCUT2D eigenvalue weighted by molar-refractivity contribution is 0.446. The Bertz CT molecular complexity index is 2670. The minimum Gasteiger partial charge on any atom is -0.507 e. The van der Waals surface area contributed by atoms with Gasteiger partial charge in [0.2, 0.25) is 0 Å². The zero-order valence-corrected chi connectivity index (χ0v) is 31.5. The lowest BCUT2D eigenvalue weighted by atomic mass is 9.79. The number of pyridine rings is 1. The lowest BCUT2D eigenvalue weighted by Gasteiger charge is -2.27. The summed E-state index contributed by atoms with van der Waals surface area (Å²) in [6.45, 7) is 19.0. The van der Waals surface area contributed by atoms with Crippen LogP contribution in [0.3, 0.4) is 0 Å². The van der Waals surface area contributed by atoms with Gasteiger partial charge in [-0.2, -0.15) is 0 Å². The maximum Gasteiger partial charge on any atom is 0.149 e. The van der Waals surface area contributed by atoms with Crippen molar-refractivity contribution in [2.24, 2.45) is 0 Å². The molecular weight excluding hydrogens is 635 g/mol. The Kier molecular flexibility index (Phi) is 7.25. The first-order valence-electron chi connectivity index (χ1n) is 20.3. The molecule has 0 atom stereocenters. The smallest absolute Gasteiger partial charge is 0.149 e. The topological polar surface area (TPSA) is 50.9 Å². The molecule has 2 aromatic heterocycles. The molecule has 7 rings (SSSR count). The highest BCUT2D eigenvalue weighted by molar-refractivity contribution is 5.97. The molecule has 1 N–H and O–H groups in total. The first-order valence-corrected chi connectivity index (χ1v) is 17.8.